The lowest BCUT2D eigenvalue weighted by molar-refractivity contribution is 0.0139. The third-order valence-electron chi connectivity index (χ3n) is 4.27. The second-order valence-electron chi connectivity index (χ2n) is 5.98. The second-order valence-corrected chi connectivity index (χ2v) is 5.98. The van der Waals surface area contributed by atoms with E-state index < -0.39 is 11.5 Å². The molecule has 0 spiro atoms. The number of hydrogen-bond donors (Lipinski definition) is 3. The number of H-pyrrole nitrogens is 1. The molecule has 1 fully saturated rings. The maximum absolute atomic E-state index is 11.3. The Labute approximate surface area is 130 Å². The predicted molar refractivity (Wildman–Crippen MR) is 82.2 cm³/mol. The number of aliphatic hydroxyl groups is 1. The van der Waals surface area contributed by atoms with Crippen LogP contribution >= 0.6 is 0 Å². The third-order valence-corrected chi connectivity index (χ3v) is 4.27. The molecule has 2 atom stereocenters. The topological polar surface area (TPSA) is 98.1 Å². The Bertz CT molecular complexity index is 572. The van der Waals surface area contributed by atoms with Crippen molar-refractivity contribution in [3.63, 3.8) is 0 Å². The smallest absolute Gasteiger partial charge is 0.248 e. The number of aromatic amines is 1. The molecular formula is C16H23N3O3. The predicted octanol–water partition coefficient (Wildman–Crippen LogP) is 1.10. The van der Waals surface area contributed by atoms with Crippen molar-refractivity contribution >= 4 is 0 Å². The van der Waals surface area contributed by atoms with E-state index in [1.54, 1.807) is 12.3 Å². The van der Waals surface area contributed by atoms with Gasteiger partial charge in [-0.1, -0.05) is 0 Å². The number of nitrogens with one attached hydrogen (secondary N) is 2. The molecule has 22 heavy (non-hydrogen) atoms. The summed E-state index contributed by atoms with van der Waals surface area (Å²) in [7, 11) is 0. The first-order valence-electron chi connectivity index (χ1n) is 7.64. The molecule has 1 aliphatic rings. The second kappa shape index (κ2) is 7.54. The molecule has 3 N–H and O–H groups in total. The van der Waals surface area contributed by atoms with E-state index in [9.17, 15) is 15.2 Å². The van der Waals surface area contributed by atoms with Gasteiger partial charge in [0, 0.05) is 38.1 Å². The standard InChI is InChI=1S/C16H23N3O3/c1-12(13-2-5-18-15(21)8-13)19-10-14(20)9-16(11-17)3-6-22-7-4-16/h2,5,8,12,14,19-20H,3-4,6-7,9-10H2,1H3,(H,18,21). The van der Waals surface area contributed by atoms with Gasteiger partial charge >= 0.3 is 0 Å². The monoisotopic (exact) mass is 305 g/mol. The maximum Gasteiger partial charge on any atom is 0.248 e. The lowest BCUT2D eigenvalue weighted by atomic mass is 9.77. The Hall–Kier alpha value is -1.68. The third kappa shape index (κ3) is 4.41. The van der Waals surface area contributed by atoms with Crippen molar-refractivity contribution in [2.24, 2.45) is 5.41 Å². The average Bonchev–Trinajstić information content (AvgIpc) is 2.53. The fourth-order valence-electron chi connectivity index (χ4n) is 2.81. The molecule has 0 amide bonds. The molecule has 6 nitrogen and oxygen atoms in total. The van der Waals surface area contributed by atoms with Crippen LogP contribution in [0, 0.1) is 16.7 Å². The molecule has 1 aromatic rings. The van der Waals surface area contributed by atoms with E-state index in [1.165, 1.54) is 0 Å². The first-order chi connectivity index (χ1) is 10.5. The highest BCUT2D eigenvalue weighted by Gasteiger charge is 2.34. The number of aliphatic hydroxyl groups excluding tert-OH is 1. The zero-order valence-electron chi connectivity index (χ0n) is 12.8. The van der Waals surface area contributed by atoms with Crippen LogP contribution in [0.15, 0.2) is 23.1 Å². The normalized spacial score (nSPS) is 20.0. The van der Waals surface area contributed by atoms with Gasteiger partial charge in [-0.25, -0.2) is 0 Å². The molecule has 2 heterocycles. The van der Waals surface area contributed by atoms with Gasteiger partial charge in [0.1, 0.15) is 0 Å². The fourth-order valence-corrected chi connectivity index (χ4v) is 2.81. The molecule has 2 unspecified atom stereocenters. The zero-order valence-corrected chi connectivity index (χ0v) is 12.8. The fraction of sp³-hybridized carbons (Fsp3) is 0.625. The van der Waals surface area contributed by atoms with Gasteiger partial charge in [-0.3, -0.25) is 4.79 Å². The van der Waals surface area contributed by atoms with Crippen LogP contribution in [0.1, 0.15) is 37.8 Å². The first kappa shape index (κ1) is 16.7. The van der Waals surface area contributed by atoms with E-state index in [1.807, 2.05) is 13.0 Å². The van der Waals surface area contributed by atoms with E-state index in [0.717, 1.165) is 5.56 Å². The first-order valence-corrected chi connectivity index (χ1v) is 7.64. The minimum absolute atomic E-state index is 0.0373. The average molecular weight is 305 g/mol. The summed E-state index contributed by atoms with van der Waals surface area (Å²) >= 11 is 0. The van der Waals surface area contributed by atoms with Crippen molar-refractivity contribution in [1.82, 2.24) is 10.3 Å². The molecule has 1 aliphatic heterocycles. The van der Waals surface area contributed by atoms with Gasteiger partial charge < -0.3 is 20.1 Å². The number of ether oxygens (including phenoxy) is 1. The van der Waals surface area contributed by atoms with Gasteiger partial charge in [-0.2, -0.15) is 5.26 Å². The van der Waals surface area contributed by atoms with Gasteiger partial charge in [0.15, 0.2) is 0 Å². The summed E-state index contributed by atoms with van der Waals surface area (Å²) in [5, 5.41) is 22.8. The van der Waals surface area contributed by atoms with E-state index >= 15 is 0 Å². The summed E-state index contributed by atoms with van der Waals surface area (Å²) in [6.45, 7) is 3.49. The number of nitriles is 1. The molecule has 0 radical (unpaired) electrons. The van der Waals surface area contributed by atoms with Crippen molar-refractivity contribution in [3.8, 4) is 6.07 Å². The number of aromatic nitrogens is 1. The number of rotatable bonds is 6. The summed E-state index contributed by atoms with van der Waals surface area (Å²) in [4.78, 5) is 13.9. The van der Waals surface area contributed by atoms with Crippen LogP contribution in [0.2, 0.25) is 0 Å². The minimum atomic E-state index is -0.595. The van der Waals surface area contributed by atoms with Gasteiger partial charge in [0.2, 0.25) is 5.56 Å². The summed E-state index contributed by atoms with van der Waals surface area (Å²) in [6.07, 6.45) is 2.80. The number of nitrogens with zero attached hydrogens (tertiary/aromatic N) is 1. The van der Waals surface area contributed by atoms with Gasteiger partial charge in [0.25, 0.3) is 0 Å². The molecular weight excluding hydrogens is 282 g/mol. The van der Waals surface area contributed by atoms with E-state index in [4.69, 9.17) is 4.74 Å². The SMILES string of the molecule is CC(NCC(O)CC1(C#N)CCOCC1)c1cc[nH]c(=O)c1. The largest absolute Gasteiger partial charge is 0.392 e. The summed E-state index contributed by atoms with van der Waals surface area (Å²) < 4.78 is 5.29. The van der Waals surface area contributed by atoms with Crippen molar-refractivity contribution in [3.05, 3.63) is 34.2 Å². The highest BCUT2D eigenvalue weighted by Crippen LogP contribution is 2.34. The quantitative estimate of drug-likeness (QED) is 0.731. The van der Waals surface area contributed by atoms with Crippen LogP contribution in [-0.4, -0.2) is 36.0 Å². The molecule has 120 valence electrons. The van der Waals surface area contributed by atoms with Crippen LogP contribution in [0.4, 0.5) is 0 Å². The Balaban J connectivity index is 1.85. The van der Waals surface area contributed by atoms with Crippen LogP contribution in [0.5, 0.6) is 0 Å². The van der Waals surface area contributed by atoms with E-state index in [0.29, 0.717) is 39.0 Å². The van der Waals surface area contributed by atoms with Crippen molar-refractivity contribution in [1.29, 1.82) is 5.26 Å². The molecule has 2 rings (SSSR count). The van der Waals surface area contributed by atoms with E-state index in [-0.39, 0.29) is 11.6 Å². The Kier molecular flexibility index (Phi) is 5.72. The summed E-state index contributed by atoms with van der Waals surface area (Å²) in [5.41, 5.74) is 0.251. The molecule has 1 saturated heterocycles. The van der Waals surface area contributed by atoms with Crippen molar-refractivity contribution in [2.45, 2.75) is 38.3 Å². The molecule has 0 aromatic carbocycles. The highest BCUT2D eigenvalue weighted by molar-refractivity contribution is 5.14. The summed E-state index contributed by atoms with van der Waals surface area (Å²) in [6, 6.07) is 5.70. The van der Waals surface area contributed by atoms with Gasteiger partial charge in [-0.15, -0.1) is 0 Å². The molecule has 0 bridgehead atoms. The van der Waals surface area contributed by atoms with Crippen LogP contribution < -0.4 is 10.9 Å². The van der Waals surface area contributed by atoms with Crippen molar-refractivity contribution in [2.75, 3.05) is 19.8 Å². The molecule has 6 heteroatoms. The van der Waals surface area contributed by atoms with E-state index in [2.05, 4.69) is 16.4 Å². The lowest BCUT2D eigenvalue weighted by Crippen LogP contribution is -2.37. The van der Waals surface area contributed by atoms with Gasteiger partial charge in [-0.05, 0) is 37.8 Å². The molecule has 0 aliphatic carbocycles. The molecule has 1 aromatic heterocycles. The van der Waals surface area contributed by atoms with Gasteiger partial charge in [0.05, 0.1) is 17.6 Å². The Morgan fingerprint density at radius 3 is 2.91 bits per heavy atom. The number of hydrogen-bond acceptors (Lipinski definition) is 5. The highest BCUT2D eigenvalue weighted by atomic mass is 16.5. The van der Waals surface area contributed by atoms with Crippen LogP contribution in [-0.2, 0) is 4.74 Å². The zero-order chi connectivity index (χ0) is 16.0. The molecule has 0 saturated carbocycles. The summed E-state index contributed by atoms with van der Waals surface area (Å²) in [5.74, 6) is 0. The maximum atomic E-state index is 11.3. The number of pyridine rings is 1. The Morgan fingerprint density at radius 2 is 2.27 bits per heavy atom. The van der Waals surface area contributed by atoms with Crippen molar-refractivity contribution < 1.29 is 9.84 Å². The Morgan fingerprint density at radius 1 is 1.55 bits per heavy atom. The van der Waals surface area contributed by atoms with Crippen LogP contribution in [0.3, 0.4) is 0 Å². The minimum Gasteiger partial charge on any atom is -0.392 e. The lowest BCUT2D eigenvalue weighted by Gasteiger charge is -2.32. The van der Waals surface area contributed by atoms with Crippen LogP contribution in [0.25, 0.3) is 0 Å².